The molecule has 2 N–H and O–H groups in total. The van der Waals surface area contributed by atoms with Gasteiger partial charge in [-0.25, -0.2) is 4.79 Å². The number of methoxy groups -OCH3 is 1. The smallest absolute Gasteiger partial charge is 0.341 e. The monoisotopic (exact) mass is 460 g/mol. The van der Waals surface area contributed by atoms with Gasteiger partial charge in [0, 0.05) is 15.3 Å². The van der Waals surface area contributed by atoms with Crippen LogP contribution >= 0.6 is 34.9 Å². The van der Waals surface area contributed by atoms with E-state index in [0.717, 1.165) is 15.3 Å². The maximum Gasteiger partial charge on any atom is 0.341 e. The minimum Gasteiger partial charge on any atom is -0.496 e. The third-order valence-corrected chi connectivity index (χ3v) is 6.25. The van der Waals surface area contributed by atoms with E-state index >= 15 is 0 Å². The maximum atomic E-state index is 12.7. The number of carbonyl (C=O) groups excluding carboxylic acids is 2. The highest BCUT2D eigenvalue weighted by molar-refractivity contribution is 7.80. The first-order valence-corrected chi connectivity index (χ1v) is 11.2. The number of thiocarbonyl (C=S) groups is 1. The highest BCUT2D eigenvalue weighted by atomic mass is 32.1. The fraction of sp³-hybridized carbons (Fsp3) is 0.190. The number of nitrogens with one attached hydrogen (secondary N) is 2. The van der Waals surface area contributed by atoms with Crippen molar-refractivity contribution in [2.45, 2.75) is 13.8 Å². The van der Waals surface area contributed by atoms with Crippen molar-refractivity contribution in [2.24, 2.45) is 0 Å². The molecule has 1 aromatic carbocycles. The van der Waals surface area contributed by atoms with Crippen LogP contribution in [0.5, 0.6) is 5.75 Å². The first kappa shape index (κ1) is 21.9. The molecule has 0 radical (unpaired) electrons. The molecule has 30 heavy (non-hydrogen) atoms. The Balaban J connectivity index is 1.87. The third-order valence-electron chi connectivity index (χ3n) is 4.14. The Bertz CT molecular complexity index is 1070. The summed E-state index contributed by atoms with van der Waals surface area (Å²) in [6.45, 7) is 3.95. The van der Waals surface area contributed by atoms with Crippen LogP contribution in [-0.4, -0.2) is 30.7 Å². The molecule has 2 aromatic heterocycles. The van der Waals surface area contributed by atoms with Gasteiger partial charge in [-0.1, -0.05) is 18.2 Å². The normalized spacial score (nSPS) is 10.4. The molecular weight excluding hydrogens is 440 g/mol. The number of esters is 1. The average Bonchev–Trinajstić information content (AvgIpc) is 3.35. The topological polar surface area (TPSA) is 76.7 Å². The van der Waals surface area contributed by atoms with E-state index in [-0.39, 0.29) is 11.7 Å². The summed E-state index contributed by atoms with van der Waals surface area (Å²) < 4.78 is 10.5. The summed E-state index contributed by atoms with van der Waals surface area (Å²) in [5, 5.41) is 8.19. The SMILES string of the molecule is CCOC(=O)c1c(NC(=S)NC(=O)c2ccccc2OC)sc(C)c1-c1cccs1. The van der Waals surface area contributed by atoms with Crippen molar-refractivity contribution in [3.05, 3.63) is 57.8 Å². The molecule has 6 nitrogen and oxygen atoms in total. The molecule has 0 unspecified atom stereocenters. The number of amides is 1. The zero-order valence-electron chi connectivity index (χ0n) is 16.6. The molecule has 0 aliphatic rings. The highest BCUT2D eigenvalue weighted by Crippen LogP contribution is 2.42. The minimum atomic E-state index is -0.438. The van der Waals surface area contributed by atoms with E-state index in [1.54, 1.807) is 31.2 Å². The van der Waals surface area contributed by atoms with Crippen molar-refractivity contribution in [3.63, 3.8) is 0 Å². The van der Waals surface area contributed by atoms with E-state index in [1.807, 2.05) is 24.4 Å². The molecule has 1 amide bonds. The van der Waals surface area contributed by atoms with Gasteiger partial charge >= 0.3 is 5.97 Å². The fourth-order valence-electron chi connectivity index (χ4n) is 2.89. The lowest BCUT2D eigenvalue weighted by molar-refractivity contribution is 0.0529. The Hall–Kier alpha value is -2.75. The zero-order chi connectivity index (χ0) is 21.7. The van der Waals surface area contributed by atoms with Crippen LogP contribution in [-0.2, 0) is 4.74 Å². The van der Waals surface area contributed by atoms with Gasteiger partial charge in [0.1, 0.15) is 16.3 Å². The Morgan fingerprint density at radius 1 is 1.17 bits per heavy atom. The lowest BCUT2D eigenvalue weighted by Crippen LogP contribution is -2.34. The molecule has 0 saturated carbocycles. The molecule has 9 heteroatoms. The van der Waals surface area contributed by atoms with Crippen LogP contribution < -0.4 is 15.4 Å². The first-order chi connectivity index (χ1) is 14.5. The van der Waals surface area contributed by atoms with E-state index in [2.05, 4.69) is 10.6 Å². The second-order valence-electron chi connectivity index (χ2n) is 6.04. The number of carbonyl (C=O) groups is 2. The van der Waals surface area contributed by atoms with Gasteiger partial charge in [0.25, 0.3) is 5.91 Å². The molecule has 2 heterocycles. The number of para-hydroxylation sites is 1. The van der Waals surface area contributed by atoms with Crippen LogP contribution in [0, 0.1) is 6.92 Å². The summed E-state index contributed by atoms with van der Waals surface area (Å²) in [6, 6.07) is 10.7. The van der Waals surface area contributed by atoms with Crippen LogP contribution in [0.1, 0.15) is 32.5 Å². The fourth-order valence-corrected chi connectivity index (χ4v) is 5.10. The van der Waals surface area contributed by atoms with Gasteiger partial charge in [-0.05, 0) is 49.6 Å². The summed E-state index contributed by atoms with van der Waals surface area (Å²) in [5.74, 6) is -0.405. The van der Waals surface area contributed by atoms with E-state index in [4.69, 9.17) is 21.7 Å². The summed E-state index contributed by atoms with van der Waals surface area (Å²) in [5.41, 5.74) is 1.59. The largest absolute Gasteiger partial charge is 0.496 e. The molecule has 0 saturated heterocycles. The van der Waals surface area contributed by atoms with Crippen molar-refractivity contribution in [2.75, 3.05) is 19.0 Å². The Morgan fingerprint density at radius 3 is 2.60 bits per heavy atom. The Labute approximate surface area is 187 Å². The predicted molar refractivity (Wildman–Crippen MR) is 125 cm³/mol. The second-order valence-corrected chi connectivity index (χ2v) is 8.62. The van der Waals surface area contributed by atoms with Gasteiger partial charge in [-0.15, -0.1) is 22.7 Å². The summed E-state index contributed by atoms with van der Waals surface area (Å²) in [6.07, 6.45) is 0. The number of benzene rings is 1. The van der Waals surface area contributed by atoms with Crippen molar-refractivity contribution in [1.82, 2.24) is 5.32 Å². The highest BCUT2D eigenvalue weighted by Gasteiger charge is 2.26. The van der Waals surface area contributed by atoms with E-state index in [0.29, 0.717) is 21.9 Å². The average molecular weight is 461 g/mol. The second kappa shape index (κ2) is 9.84. The maximum absolute atomic E-state index is 12.7. The standard InChI is InChI=1S/C21H20N2O4S3/c1-4-27-20(25)17-16(15-10-7-11-29-15)12(2)30-19(17)23-21(28)22-18(24)13-8-5-6-9-14(13)26-3/h5-11H,4H2,1-3H3,(H2,22,23,24,28). The predicted octanol–water partition coefficient (Wildman–Crippen LogP) is 5.10. The minimum absolute atomic E-state index is 0.0791. The zero-order valence-corrected chi connectivity index (χ0v) is 19.1. The number of thiophene rings is 2. The van der Waals surface area contributed by atoms with Gasteiger partial charge in [-0.3, -0.25) is 10.1 Å². The lowest BCUT2D eigenvalue weighted by atomic mass is 10.1. The van der Waals surface area contributed by atoms with E-state index in [9.17, 15) is 9.59 Å². The van der Waals surface area contributed by atoms with Gasteiger partial charge in [0.05, 0.1) is 19.3 Å². The van der Waals surface area contributed by atoms with Crippen LogP contribution in [0.4, 0.5) is 5.00 Å². The number of hydrogen-bond donors (Lipinski definition) is 2. The summed E-state index contributed by atoms with van der Waals surface area (Å²) in [4.78, 5) is 27.2. The Kier molecular flexibility index (Phi) is 7.20. The lowest BCUT2D eigenvalue weighted by Gasteiger charge is -2.12. The van der Waals surface area contributed by atoms with Crippen LogP contribution in [0.2, 0.25) is 0 Å². The van der Waals surface area contributed by atoms with Crippen LogP contribution in [0.15, 0.2) is 41.8 Å². The Morgan fingerprint density at radius 2 is 1.93 bits per heavy atom. The molecule has 0 fully saturated rings. The number of anilines is 1. The van der Waals surface area contributed by atoms with Gasteiger partial charge in [0.15, 0.2) is 5.11 Å². The third kappa shape index (κ3) is 4.69. The molecule has 3 rings (SSSR count). The first-order valence-electron chi connectivity index (χ1n) is 9.06. The van der Waals surface area contributed by atoms with Crippen molar-refractivity contribution in [3.8, 4) is 16.2 Å². The van der Waals surface area contributed by atoms with E-state index < -0.39 is 11.9 Å². The van der Waals surface area contributed by atoms with Crippen molar-refractivity contribution < 1.29 is 19.1 Å². The quantitative estimate of drug-likeness (QED) is 0.394. The van der Waals surface area contributed by atoms with Crippen molar-refractivity contribution >= 4 is 56.9 Å². The van der Waals surface area contributed by atoms with Gasteiger partial charge in [-0.2, -0.15) is 0 Å². The van der Waals surface area contributed by atoms with Crippen molar-refractivity contribution in [1.29, 1.82) is 0 Å². The van der Waals surface area contributed by atoms with Crippen LogP contribution in [0.3, 0.4) is 0 Å². The van der Waals surface area contributed by atoms with Gasteiger partial charge in [0.2, 0.25) is 0 Å². The van der Waals surface area contributed by atoms with Crippen LogP contribution in [0.25, 0.3) is 10.4 Å². The molecule has 156 valence electrons. The number of aryl methyl sites for hydroxylation is 1. The molecule has 0 aliphatic heterocycles. The number of ether oxygens (including phenoxy) is 2. The molecule has 0 spiro atoms. The summed E-state index contributed by atoms with van der Waals surface area (Å²) in [7, 11) is 1.49. The molecule has 3 aromatic rings. The molecule has 0 atom stereocenters. The van der Waals surface area contributed by atoms with E-state index in [1.165, 1.54) is 29.8 Å². The molecular formula is C21H20N2O4S3. The summed E-state index contributed by atoms with van der Waals surface area (Å²) >= 11 is 8.25. The number of rotatable bonds is 6. The molecule has 0 aliphatic carbocycles. The van der Waals surface area contributed by atoms with Gasteiger partial charge < -0.3 is 14.8 Å². The number of hydrogen-bond acceptors (Lipinski definition) is 7. The molecule has 0 bridgehead atoms.